The van der Waals surface area contributed by atoms with Crippen molar-refractivity contribution < 1.29 is 13.2 Å². The van der Waals surface area contributed by atoms with Crippen molar-refractivity contribution in [1.82, 2.24) is 0 Å². The van der Waals surface area contributed by atoms with Crippen molar-refractivity contribution in [1.29, 1.82) is 0 Å². The van der Waals surface area contributed by atoms with Crippen LogP contribution in [0.3, 0.4) is 0 Å². The largest absolute Gasteiger partial charge is 0.381 e. The highest BCUT2D eigenvalue weighted by atomic mass is 35.7. The molecule has 0 atom stereocenters. The molecule has 1 aliphatic rings. The minimum Gasteiger partial charge on any atom is -0.381 e. The maximum absolute atomic E-state index is 10.6. The van der Waals surface area contributed by atoms with Gasteiger partial charge in [-0.05, 0) is 12.8 Å². The molecule has 0 aromatic heterocycles. The first-order chi connectivity index (χ1) is 4.54. The fourth-order valence-electron chi connectivity index (χ4n) is 0.940. The standard InChI is InChI=1S/C5H9ClO3S/c1-9-4-2-5(3-4)10(6,7)8/h4-5H,2-3H2,1H3. The summed E-state index contributed by atoms with van der Waals surface area (Å²) in [5.74, 6) is 0. The third kappa shape index (κ3) is 1.62. The molecule has 60 valence electrons. The summed E-state index contributed by atoms with van der Waals surface area (Å²) >= 11 is 0. The highest BCUT2D eigenvalue weighted by Crippen LogP contribution is 2.30. The second kappa shape index (κ2) is 2.68. The van der Waals surface area contributed by atoms with Crippen molar-refractivity contribution in [2.45, 2.75) is 24.2 Å². The highest BCUT2D eigenvalue weighted by molar-refractivity contribution is 8.14. The van der Waals surface area contributed by atoms with E-state index in [-0.39, 0.29) is 11.4 Å². The molecule has 1 rings (SSSR count). The Morgan fingerprint density at radius 2 is 2.00 bits per heavy atom. The molecular weight excluding hydrogens is 176 g/mol. The molecule has 10 heavy (non-hydrogen) atoms. The number of ether oxygens (including phenoxy) is 1. The fourth-order valence-corrected chi connectivity index (χ4v) is 2.27. The number of rotatable bonds is 2. The zero-order valence-electron chi connectivity index (χ0n) is 5.58. The summed E-state index contributed by atoms with van der Waals surface area (Å²) in [6.07, 6.45) is 1.18. The van der Waals surface area contributed by atoms with Crippen LogP contribution in [0.25, 0.3) is 0 Å². The number of hydrogen-bond acceptors (Lipinski definition) is 3. The minimum atomic E-state index is -3.32. The van der Waals surface area contributed by atoms with Crippen LogP contribution in [0, 0.1) is 0 Å². The molecule has 1 aliphatic carbocycles. The van der Waals surface area contributed by atoms with Crippen molar-refractivity contribution in [3.63, 3.8) is 0 Å². The van der Waals surface area contributed by atoms with E-state index >= 15 is 0 Å². The smallest absolute Gasteiger partial charge is 0.235 e. The summed E-state index contributed by atoms with van der Waals surface area (Å²) in [7, 11) is 3.33. The lowest BCUT2D eigenvalue weighted by molar-refractivity contribution is 0.0441. The summed E-state index contributed by atoms with van der Waals surface area (Å²) in [6.45, 7) is 0. The van der Waals surface area contributed by atoms with E-state index in [4.69, 9.17) is 15.4 Å². The molecule has 0 unspecified atom stereocenters. The SMILES string of the molecule is COC1CC(S(=O)(=O)Cl)C1. The summed E-state index contributed by atoms with van der Waals surface area (Å²) in [5, 5.41) is -0.376. The summed E-state index contributed by atoms with van der Waals surface area (Å²) in [6, 6.07) is 0. The lowest BCUT2D eigenvalue weighted by atomic mass is 9.95. The van der Waals surface area contributed by atoms with Crippen LogP contribution in [0.15, 0.2) is 0 Å². The van der Waals surface area contributed by atoms with Crippen LogP contribution in [0.2, 0.25) is 0 Å². The average Bonchev–Trinajstić information content (AvgIpc) is 1.57. The van der Waals surface area contributed by atoms with E-state index in [0.29, 0.717) is 12.8 Å². The Labute approximate surface area is 64.7 Å². The summed E-state index contributed by atoms with van der Waals surface area (Å²) in [4.78, 5) is 0. The van der Waals surface area contributed by atoms with Gasteiger partial charge in [0.15, 0.2) is 0 Å². The maximum atomic E-state index is 10.6. The third-order valence-corrected chi connectivity index (χ3v) is 3.72. The van der Waals surface area contributed by atoms with Crippen LogP contribution < -0.4 is 0 Å². The lowest BCUT2D eigenvalue weighted by Gasteiger charge is -2.31. The Hall–Kier alpha value is 0.200. The van der Waals surface area contributed by atoms with Crippen molar-refractivity contribution in [3.8, 4) is 0 Å². The van der Waals surface area contributed by atoms with Gasteiger partial charge in [0.05, 0.1) is 11.4 Å². The van der Waals surface area contributed by atoms with Gasteiger partial charge in [0, 0.05) is 17.8 Å². The van der Waals surface area contributed by atoms with Gasteiger partial charge in [-0.3, -0.25) is 0 Å². The van der Waals surface area contributed by atoms with Crippen LogP contribution in [0.1, 0.15) is 12.8 Å². The van der Waals surface area contributed by atoms with Crippen molar-refractivity contribution in [2.24, 2.45) is 0 Å². The maximum Gasteiger partial charge on any atom is 0.235 e. The normalized spacial score (nSPS) is 33.4. The van der Waals surface area contributed by atoms with Crippen molar-refractivity contribution in [2.75, 3.05) is 7.11 Å². The quantitative estimate of drug-likeness (QED) is 0.595. The predicted octanol–water partition coefficient (Wildman–Crippen LogP) is 0.732. The molecular formula is C5H9ClO3S. The fraction of sp³-hybridized carbons (Fsp3) is 1.00. The molecule has 0 saturated heterocycles. The van der Waals surface area contributed by atoms with Crippen LogP contribution >= 0.6 is 10.7 Å². The van der Waals surface area contributed by atoms with Gasteiger partial charge < -0.3 is 4.74 Å². The molecule has 0 amide bonds. The minimum absolute atomic E-state index is 0.0959. The Bertz CT molecular complexity index is 205. The number of halogens is 1. The van der Waals surface area contributed by atoms with Crippen LogP contribution in [0.4, 0.5) is 0 Å². The first-order valence-corrected chi connectivity index (χ1v) is 5.37. The van der Waals surface area contributed by atoms with E-state index in [0.717, 1.165) is 0 Å². The second-order valence-corrected chi connectivity index (χ2v) is 5.33. The monoisotopic (exact) mass is 184 g/mol. The van der Waals surface area contributed by atoms with E-state index in [1.807, 2.05) is 0 Å². The highest BCUT2D eigenvalue weighted by Gasteiger charge is 2.37. The van der Waals surface area contributed by atoms with Gasteiger partial charge in [-0.1, -0.05) is 0 Å². The second-order valence-electron chi connectivity index (χ2n) is 2.43. The van der Waals surface area contributed by atoms with Gasteiger partial charge >= 0.3 is 0 Å². The molecule has 0 heterocycles. The molecule has 0 aromatic rings. The molecule has 0 N–H and O–H groups in total. The molecule has 0 radical (unpaired) electrons. The number of hydrogen-bond donors (Lipinski definition) is 0. The van der Waals surface area contributed by atoms with Gasteiger partial charge in [0.2, 0.25) is 9.05 Å². The molecule has 0 spiro atoms. The van der Waals surface area contributed by atoms with Crippen molar-refractivity contribution >= 4 is 19.7 Å². The molecule has 0 aromatic carbocycles. The molecule has 1 saturated carbocycles. The van der Waals surface area contributed by atoms with Crippen LogP contribution in [-0.2, 0) is 13.8 Å². The molecule has 0 bridgehead atoms. The average molecular weight is 185 g/mol. The van der Waals surface area contributed by atoms with E-state index in [9.17, 15) is 8.42 Å². The van der Waals surface area contributed by atoms with Gasteiger partial charge in [-0.25, -0.2) is 8.42 Å². The van der Waals surface area contributed by atoms with Gasteiger partial charge in [0.25, 0.3) is 0 Å². The van der Waals surface area contributed by atoms with Gasteiger partial charge in [-0.2, -0.15) is 0 Å². The molecule has 0 aliphatic heterocycles. The summed E-state index contributed by atoms with van der Waals surface area (Å²) < 4.78 is 26.1. The summed E-state index contributed by atoms with van der Waals surface area (Å²) in [5.41, 5.74) is 0. The first kappa shape index (κ1) is 8.30. The van der Waals surface area contributed by atoms with E-state index in [2.05, 4.69) is 0 Å². The van der Waals surface area contributed by atoms with E-state index in [1.165, 1.54) is 0 Å². The van der Waals surface area contributed by atoms with Gasteiger partial charge in [-0.15, -0.1) is 0 Å². The van der Waals surface area contributed by atoms with E-state index in [1.54, 1.807) is 7.11 Å². The Morgan fingerprint density at radius 3 is 2.30 bits per heavy atom. The third-order valence-electron chi connectivity index (χ3n) is 1.78. The zero-order chi connectivity index (χ0) is 7.78. The Morgan fingerprint density at radius 1 is 1.50 bits per heavy atom. The predicted molar refractivity (Wildman–Crippen MR) is 38.6 cm³/mol. The topological polar surface area (TPSA) is 43.4 Å². The molecule has 1 fully saturated rings. The number of methoxy groups -OCH3 is 1. The molecule has 5 heteroatoms. The van der Waals surface area contributed by atoms with Crippen molar-refractivity contribution in [3.05, 3.63) is 0 Å². The molecule has 3 nitrogen and oxygen atoms in total. The lowest BCUT2D eigenvalue weighted by Crippen LogP contribution is -2.38. The zero-order valence-corrected chi connectivity index (χ0v) is 7.15. The Kier molecular flexibility index (Phi) is 2.22. The van der Waals surface area contributed by atoms with Crippen LogP contribution in [-0.4, -0.2) is 26.9 Å². The Balaban J connectivity index is 2.41. The van der Waals surface area contributed by atoms with Crippen LogP contribution in [0.5, 0.6) is 0 Å². The van der Waals surface area contributed by atoms with E-state index < -0.39 is 9.05 Å². The first-order valence-electron chi connectivity index (χ1n) is 3.00. The van der Waals surface area contributed by atoms with Gasteiger partial charge in [0.1, 0.15) is 0 Å².